The molecule has 1 aromatic carbocycles. The van der Waals surface area contributed by atoms with Crippen molar-refractivity contribution >= 4 is 39.1 Å². The first kappa shape index (κ1) is 13.1. The topological polar surface area (TPSA) is 42.0 Å². The van der Waals surface area contributed by atoms with Crippen molar-refractivity contribution in [3.05, 3.63) is 57.8 Å². The minimum atomic E-state index is -0.0820. The molecule has 0 radical (unpaired) electrons. The number of anilines is 1. The number of carbonyl (C=O) groups excluding carboxylic acids is 1. The van der Waals surface area contributed by atoms with Crippen molar-refractivity contribution in [3.63, 3.8) is 0 Å². The summed E-state index contributed by atoms with van der Waals surface area (Å²) in [5, 5.41) is 3.16. The summed E-state index contributed by atoms with van der Waals surface area (Å²) in [6.07, 6.45) is 1.86. The van der Waals surface area contributed by atoms with Crippen LogP contribution in [-0.4, -0.2) is 10.9 Å². The summed E-state index contributed by atoms with van der Waals surface area (Å²) in [6.45, 7) is 0. The molecule has 0 unspecified atom stereocenters. The van der Waals surface area contributed by atoms with E-state index >= 15 is 0 Å². The molecule has 0 aliphatic carbocycles. The van der Waals surface area contributed by atoms with Gasteiger partial charge in [0, 0.05) is 4.47 Å². The number of carbonyl (C=O) groups is 1. The van der Waals surface area contributed by atoms with Crippen LogP contribution in [0.4, 0.5) is 5.69 Å². The number of nitrogens with one attached hydrogen (secondary N) is 1. The van der Waals surface area contributed by atoms with E-state index < -0.39 is 0 Å². The normalized spacial score (nSPS) is 10.1. The van der Waals surface area contributed by atoms with Gasteiger partial charge in [-0.3, -0.25) is 4.79 Å². The van der Waals surface area contributed by atoms with E-state index in [4.69, 9.17) is 11.6 Å². The monoisotopic (exact) mass is 324 g/mol. The summed E-state index contributed by atoms with van der Waals surface area (Å²) >= 11 is 9.02. The number of halogens is 2. The van der Waals surface area contributed by atoms with E-state index in [-0.39, 0.29) is 5.91 Å². The van der Waals surface area contributed by atoms with Crippen LogP contribution in [0.25, 0.3) is 0 Å². The van der Waals surface area contributed by atoms with Crippen molar-refractivity contribution in [2.45, 2.75) is 6.42 Å². The Balaban J connectivity index is 1.96. The number of hydrogen-bond donors (Lipinski definition) is 1. The fraction of sp³-hybridized carbons (Fsp3) is 0.0769. The van der Waals surface area contributed by atoms with Crippen molar-refractivity contribution in [1.82, 2.24) is 4.98 Å². The minimum Gasteiger partial charge on any atom is -0.324 e. The molecule has 92 valence electrons. The van der Waals surface area contributed by atoms with Crippen LogP contribution in [0, 0.1) is 0 Å². The maximum atomic E-state index is 11.8. The molecule has 1 aromatic heterocycles. The van der Waals surface area contributed by atoms with Crippen molar-refractivity contribution < 1.29 is 4.79 Å². The summed E-state index contributed by atoms with van der Waals surface area (Å²) in [4.78, 5) is 15.7. The van der Waals surface area contributed by atoms with Crippen LogP contribution in [-0.2, 0) is 11.2 Å². The van der Waals surface area contributed by atoms with E-state index in [0.717, 1.165) is 10.0 Å². The minimum absolute atomic E-state index is 0.0820. The average Bonchev–Trinajstić information content (AvgIpc) is 2.35. The third kappa shape index (κ3) is 3.82. The lowest BCUT2D eigenvalue weighted by Gasteiger charge is -2.05. The molecule has 0 fully saturated rings. The summed E-state index contributed by atoms with van der Waals surface area (Å²) in [5.41, 5.74) is 1.60. The van der Waals surface area contributed by atoms with Crippen LogP contribution in [0.3, 0.4) is 0 Å². The third-order valence-electron chi connectivity index (χ3n) is 2.29. The van der Waals surface area contributed by atoms with Crippen LogP contribution >= 0.6 is 27.5 Å². The van der Waals surface area contributed by atoms with Crippen molar-refractivity contribution in [3.8, 4) is 0 Å². The van der Waals surface area contributed by atoms with Gasteiger partial charge in [-0.1, -0.05) is 39.7 Å². The molecule has 1 N–H and O–H groups in total. The number of aromatic nitrogens is 1. The standard InChI is InChI=1S/C13H10BrClN2O/c14-10-3-1-9(2-4-10)7-13(18)17-11-5-6-12(15)16-8-11/h1-6,8H,7H2,(H,17,18). The molecular weight excluding hydrogens is 316 g/mol. The second-order valence-electron chi connectivity index (χ2n) is 3.72. The predicted octanol–water partition coefficient (Wildman–Crippen LogP) is 3.68. The largest absolute Gasteiger partial charge is 0.324 e. The smallest absolute Gasteiger partial charge is 0.228 e. The van der Waals surface area contributed by atoms with Crippen molar-refractivity contribution in [1.29, 1.82) is 0 Å². The predicted molar refractivity (Wildman–Crippen MR) is 75.7 cm³/mol. The van der Waals surface area contributed by atoms with Crippen LogP contribution in [0.15, 0.2) is 47.1 Å². The van der Waals surface area contributed by atoms with Gasteiger partial charge in [0.25, 0.3) is 0 Å². The number of rotatable bonds is 3. The van der Waals surface area contributed by atoms with E-state index in [2.05, 4.69) is 26.2 Å². The molecule has 1 amide bonds. The summed E-state index contributed by atoms with van der Waals surface area (Å²) < 4.78 is 0.994. The SMILES string of the molecule is O=C(Cc1ccc(Br)cc1)Nc1ccc(Cl)nc1. The first-order valence-electron chi connectivity index (χ1n) is 5.29. The molecule has 18 heavy (non-hydrogen) atoms. The van der Waals surface area contributed by atoms with Crippen molar-refractivity contribution in [2.24, 2.45) is 0 Å². The quantitative estimate of drug-likeness (QED) is 0.875. The van der Waals surface area contributed by atoms with E-state index in [1.165, 1.54) is 6.20 Å². The highest BCUT2D eigenvalue weighted by molar-refractivity contribution is 9.10. The third-order valence-corrected chi connectivity index (χ3v) is 3.04. The zero-order valence-electron chi connectivity index (χ0n) is 9.36. The highest BCUT2D eigenvalue weighted by atomic mass is 79.9. The van der Waals surface area contributed by atoms with Crippen LogP contribution < -0.4 is 5.32 Å². The van der Waals surface area contributed by atoms with Crippen LogP contribution in [0.2, 0.25) is 5.15 Å². The Bertz CT molecular complexity index is 490. The Morgan fingerprint density at radius 3 is 2.56 bits per heavy atom. The second-order valence-corrected chi connectivity index (χ2v) is 5.02. The molecule has 0 aliphatic rings. The van der Waals surface area contributed by atoms with Crippen molar-refractivity contribution in [2.75, 3.05) is 5.32 Å². The molecule has 1 heterocycles. The summed E-state index contributed by atoms with van der Waals surface area (Å²) in [6, 6.07) is 11.0. The molecule has 0 spiro atoms. The molecule has 2 rings (SSSR count). The maximum Gasteiger partial charge on any atom is 0.228 e. The lowest BCUT2D eigenvalue weighted by atomic mass is 10.1. The average molecular weight is 326 g/mol. The van der Waals surface area contributed by atoms with Crippen LogP contribution in [0.1, 0.15) is 5.56 Å². The molecule has 0 bridgehead atoms. The first-order valence-corrected chi connectivity index (χ1v) is 6.46. The van der Waals surface area contributed by atoms with E-state index in [9.17, 15) is 4.79 Å². The maximum absolute atomic E-state index is 11.8. The van der Waals surface area contributed by atoms with Gasteiger partial charge in [0.2, 0.25) is 5.91 Å². The zero-order chi connectivity index (χ0) is 13.0. The van der Waals surface area contributed by atoms with Gasteiger partial charge in [-0.2, -0.15) is 0 Å². The Morgan fingerprint density at radius 1 is 1.22 bits per heavy atom. The number of amides is 1. The Kier molecular flexibility index (Phi) is 4.33. The van der Waals surface area contributed by atoms with Gasteiger partial charge in [0.05, 0.1) is 18.3 Å². The summed E-state index contributed by atoms with van der Waals surface area (Å²) in [5.74, 6) is -0.0820. The van der Waals surface area contributed by atoms with E-state index in [0.29, 0.717) is 17.3 Å². The Morgan fingerprint density at radius 2 is 1.94 bits per heavy atom. The second kappa shape index (κ2) is 5.98. The van der Waals surface area contributed by atoms with Gasteiger partial charge in [-0.05, 0) is 29.8 Å². The van der Waals surface area contributed by atoms with E-state index in [1.54, 1.807) is 12.1 Å². The van der Waals surface area contributed by atoms with E-state index in [1.807, 2.05) is 24.3 Å². The van der Waals surface area contributed by atoms with Gasteiger partial charge in [-0.25, -0.2) is 4.98 Å². The highest BCUT2D eigenvalue weighted by Gasteiger charge is 2.04. The molecule has 0 aliphatic heterocycles. The highest BCUT2D eigenvalue weighted by Crippen LogP contribution is 2.13. The number of nitrogens with zero attached hydrogens (tertiary/aromatic N) is 1. The fourth-order valence-electron chi connectivity index (χ4n) is 1.44. The molecule has 2 aromatic rings. The summed E-state index contributed by atoms with van der Waals surface area (Å²) in [7, 11) is 0. The molecular formula is C13H10BrClN2O. The Labute approximate surface area is 118 Å². The van der Waals surface area contributed by atoms with Gasteiger partial charge in [-0.15, -0.1) is 0 Å². The molecule has 0 saturated heterocycles. The zero-order valence-corrected chi connectivity index (χ0v) is 11.7. The first-order chi connectivity index (χ1) is 8.63. The Hall–Kier alpha value is -1.39. The van der Waals surface area contributed by atoms with Gasteiger partial charge in [0.15, 0.2) is 0 Å². The lowest BCUT2D eigenvalue weighted by molar-refractivity contribution is -0.115. The molecule has 0 saturated carbocycles. The lowest BCUT2D eigenvalue weighted by Crippen LogP contribution is -2.14. The van der Waals surface area contributed by atoms with Gasteiger partial charge in [0.1, 0.15) is 5.15 Å². The van der Waals surface area contributed by atoms with Gasteiger partial charge < -0.3 is 5.32 Å². The molecule has 5 heteroatoms. The number of pyridine rings is 1. The number of hydrogen-bond acceptors (Lipinski definition) is 2. The van der Waals surface area contributed by atoms with Gasteiger partial charge >= 0.3 is 0 Å². The van der Waals surface area contributed by atoms with Crippen LogP contribution in [0.5, 0.6) is 0 Å². The fourth-order valence-corrected chi connectivity index (χ4v) is 1.82. The molecule has 3 nitrogen and oxygen atoms in total. The number of benzene rings is 1. The molecule has 0 atom stereocenters.